The van der Waals surface area contributed by atoms with E-state index in [2.05, 4.69) is 0 Å². The fourth-order valence-corrected chi connectivity index (χ4v) is 0.939. The van der Waals surface area contributed by atoms with Crippen molar-refractivity contribution in [2.24, 2.45) is 0 Å². The van der Waals surface area contributed by atoms with Gasteiger partial charge >= 0.3 is 12.4 Å². The van der Waals surface area contributed by atoms with Gasteiger partial charge < -0.3 is 5.11 Å². The molecular formula is C8H4F6NaO. The fourth-order valence-electron chi connectivity index (χ4n) is 0.939. The molecule has 0 fully saturated rings. The zero-order chi connectivity index (χ0) is 11.9. The zero-order valence-electron chi connectivity index (χ0n) is 7.95. The minimum absolute atomic E-state index is 0. The maximum absolute atomic E-state index is 12.1. The molecule has 16 heavy (non-hydrogen) atoms. The predicted octanol–water partition coefficient (Wildman–Crippen LogP) is 3.05. The first-order valence-electron chi connectivity index (χ1n) is 3.59. The van der Waals surface area contributed by atoms with Crippen molar-refractivity contribution in [1.29, 1.82) is 0 Å². The van der Waals surface area contributed by atoms with Crippen molar-refractivity contribution in [3.8, 4) is 5.75 Å². The maximum Gasteiger partial charge on any atom is 0.416 e. The van der Waals surface area contributed by atoms with Crippen molar-refractivity contribution < 1.29 is 31.4 Å². The van der Waals surface area contributed by atoms with Crippen LogP contribution in [0.25, 0.3) is 0 Å². The summed E-state index contributed by atoms with van der Waals surface area (Å²) in [5.74, 6) is -1.07. The average Bonchev–Trinajstić information content (AvgIpc) is 1.99. The van der Waals surface area contributed by atoms with E-state index in [9.17, 15) is 26.3 Å². The number of alkyl halides is 6. The van der Waals surface area contributed by atoms with Crippen LogP contribution in [0.15, 0.2) is 18.2 Å². The summed E-state index contributed by atoms with van der Waals surface area (Å²) in [4.78, 5) is 0. The average molecular weight is 253 g/mol. The van der Waals surface area contributed by atoms with Crippen molar-refractivity contribution in [2.45, 2.75) is 12.4 Å². The minimum atomic E-state index is -4.92. The molecule has 1 aromatic carbocycles. The van der Waals surface area contributed by atoms with E-state index < -0.39 is 29.2 Å². The summed E-state index contributed by atoms with van der Waals surface area (Å²) in [6.45, 7) is 0. The molecular weight excluding hydrogens is 249 g/mol. The standard InChI is InChI=1S/C8H4F6O.Na/c9-7(10,11)4-1-5(8(12,13)14)3-6(15)2-4;/h1-3,15H;. The zero-order valence-corrected chi connectivity index (χ0v) is 9.95. The second kappa shape index (κ2) is 4.85. The van der Waals surface area contributed by atoms with Crippen LogP contribution in [-0.2, 0) is 12.4 Å². The smallest absolute Gasteiger partial charge is 0.416 e. The van der Waals surface area contributed by atoms with E-state index in [0.29, 0.717) is 0 Å². The number of benzene rings is 1. The molecule has 0 heterocycles. The van der Waals surface area contributed by atoms with Gasteiger partial charge in [-0.1, -0.05) is 0 Å². The molecule has 0 unspecified atom stereocenters. The first kappa shape index (κ1) is 15.6. The summed E-state index contributed by atoms with van der Waals surface area (Å²) in [6, 6.07) is 0.407. The number of phenols is 1. The third-order valence-corrected chi connectivity index (χ3v) is 1.57. The molecule has 0 aliphatic heterocycles. The topological polar surface area (TPSA) is 20.2 Å². The van der Waals surface area contributed by atoms with Gasteiger partial charge in [0.2, 0.25) is 0 Å². The number of rotatable bonds is 0. The van der Waals surface area contributed by atoms with Crippen molar-refractivity contribution in [3.63, 3.8) is 0 Å². The molecule has 85 valence electrons. The van der Waals surface area contributed by atoms with Gasteiger partial charge in [-0.25, -0.2) is 0 Å². The number of hydrogen-bond donors (Lipinski definition) is 1. The van der Waals surface area contributed by atoms with Crippen molar-refractivity contribution >= 4 is 29.6 Å². The molecule has 0 atom stereocenters. The van der Waals surface area contributed by atoms with Gasteiger partial charge in [-0.2, -0.15) is 26.3 Å². The number of phenolic OH excluding ortho intramolecular Hbond substituents is 1. The van der Waals surface area contributed by atoms with Gasteiger partial charge in [-0.3, -0.25) is 0 Å². The van der Waals surface area contributed by atoms with Gasteiger partial charge in [-0.15, -0.1) is 0 Å². The Kier molecular flexibility index (Phi) is 4.73. The van der Waals surface area contributed by atoms with Crippen molar-refractivity contribution in [2.75, 3.05) is 0 Å². The quantitative estimate of drug-likeness (QED) is 0.556. The monoisotopic (exact) mass is 253 g/mol. The molecule has 0 aromatic heterocycles. The Bertz CT molecular complexity index is 338. The van der Waals surface area contributed by atoms with Crippen LogP contribution < -0.4 is 0 Å². The molecule has 1 aromatic rings. The van der Waals surface area contributed by atoms with Gasteiger partial charge in [0.15, 0.2) is 0 Å². The van der Waals surface area contributed by atoms with Crippen molar-refractivity contribution in [1.82, 2.24) is 0 Å². The maximum atomic E-state index is 12.1. The summed E-state index contributed by atoms with van der Waals surface area (Å²) in [7, 11) is 0. The normalized spacial score (nSPS) is 12.1. The summed E-state index contributed by atoms with van der Waals surface area (Å²) in [6.07, 6.45) is -9.84. The number of halogens is 6. The third kappa shape index (κ3) is 3.88. The van der Waals surface area contributed by atoms with Crippen LogP contribution >= 0.6 is 0 Å². The molecule has 0 saturated carbocycles. The van der Waals surface area contributed by atoms with E-state index in [4.69, 9.17) is 5.11 Å². The largest absolute Gasteiger partial charge is 0.508 e. The Labute approximate surface area is 108 Å². The Morgan fingerprint density at radius 2 is 1.06 bits per heavy atom. The summed E-state index contributed by atoms with van der Waals surface area (Å²) >= 11 is 0. The summed E-state index contributed by atoms with van der Waals surface area (Å²) < 4.78 is 72.3. The van der Waals surface area contributed by atoms with Gasteiger partial charge in [0.1, 0.15) is 5.75 Å². The summed E-state index contributed by atoms with van der Waals surface area (Å²) in [5, 5.41) is 8.72. The Hall–Kier alpha value is -0.400. The van der Waals surface area contributed by atoms with Crippen LogP contribution in [0.5, 0.6) is 5.75 Å². The first-order chi connectivity index (χ1) is 6.60. The van der Waals surface area contributed by atoms with Crippen LogP contribution in [0.3, 0.4) is 0 Å². The molecule has 0 bridgehead atoms. The minimum Gasteiger partial charge on any atom is -0.508 e. The molecule has 1 N–H and O–H groups in total. The van der Waals surface area contributed by atoms with Crippen molar-refractivity contribution in [3.05, 3.63) is 29.3 Å². The van der Waals surface area contributed by atoms with Crippen LogP contribution in [0.1, 0.15) is 11.1 Å². The van der Waals surface area contributed by atoms with Crippen LogP contribution in [0.4, 0.5) is 26.3 Å². The first-order valence-corrected chi connectivity index (χ1v) is 3.59. The van der Waals surface area contributed by atoms with E-state index in [1.54, 1.807) is 0 Å². The van der Waals surface area contributed by atoms with Gasteiger partial charge in [0.25, 0.3) is 0 Å². The van der Waals surface area contributed by atoms with Crippen LogP contribution in [0.2, 0.25) is 0 Å². The second-order valence-electron chi connectivity index (χ2n) is 2.76. The molecule has 1 radical (unpaired) electrons. The molecule has 1 rings (SSSR count). The van der Waals surface area contributed by atoms with Gasteiger partial charge in [0, 0.05) is 29.6 Å². The Morgan fingerprint density at radius 3 is 1.31 bits per heavy atom. The van der Waals surface area contributed by atoms with Gasteiger partial charge in [-0.05, 0) is 18.2 Å². The molecule has 0 aliphatic carbocycles. The van der Waals surface area contributed by atoms with E-state index in [1.165, 1.54) is 0 Å². The molecule has 0 saturated heterocycles. The Balaban J connectivity index is 0.00000225. The molecule has 0 amide bonds. The SMILES string of the molecule is Oc1cc(C(F)(F)F)cc(C(F)(F)F)c1.[Na]. The molecule has 0 aliphatic rings. The summed E-state index contributed by atoms with van der Waals surface area (Å²) in [5.41, 5.74) is -3.07. The van der Waals surface area contributed by atoms with E-state index in [-0.39, 0.29) is 47.8 Å². The molecule has 1 nitrogen and oxygen atoms in total. The molecule has 8 heteroatoms. The number of aromatic hydroxyl groups is 1. The third-order valence-electron chi connectivity index (χ3n) is 1.57. The van der Waals surface area contributed by atoms with E-state index >= 15 is 0 Å². The Morgan fingerprint density at radius 1 is 0.750 bits per heavy atom. The van der Waals surface area contributed by atoms with Crippen LogP contribution in [-0.4, -0.2) is 34.7 Å². The second-order valence-corrected chi connectivity index (χ2v) is 2.76. The predicted molar refractivity (Wildman–Crippen MR) is 43.9 cm³/mol. The number of hydrogen-bond acceptors (Lipinski definition) is 1. The van der Waals surface area contributed by atoms with Gasteiger partial charge in [0.05, 0.1) is 11.1 Å². The molecule has 0 spiro atoms. The van der Waals surface area contributed by atoms with E-state index in [0.717, 1.165) is 0 Å². The fraction of sp³-hybridized carbons (Fsp3) is 0.250. The van der Waals surface area contributed by atoms with Crippen LogP contribution in [0, 0.1) is 0 Å². The van der Waals surface area contributed by atoms with E-state index in [1.807, 2.05) is 0 Å².